The minimum absolute atomic E-state index is 0.191. The molecule has 0 aliphatic carbocycles. The van der Waals surface area contributed by atoms with Crippen LogP contribution in [-0.4, -0.2) is 4.98 Å². The van der Waals surface area contributed by atoms with Gasteiger partial charge in [0.1, 0.15) is 5.82 Å². The van der Waals surface area contributed by atoms with Crippen molar-refractivity contribution in [3.05, 3.63) is 54.0 Å². The van der Waals surface area contributed by atoms with Crippen LogP contribution in [0, 0.1) is 5.82 Å². The molecule has 0 radical (unpaired) electrons. The van der Waals surface area contributed by atoms with Gasteiger partial charge in [0, 0.05) is 11.8 Å². The quantitative estimate of drug-likeness (QED) is 0.737. The molecule has 82 valence electrons. The molecule has 0 saturated heterocycles. The largest absolute Gasteiger partial charge is 0.256 e. The normalized spacial score (nSPS) is 10.8. The van der Waals surface area contributed by atoms with E-state index in [0.717, 1.165) is 16.8 Å². The highest BCUT2D eigenvalue weighted by atomic mass is 19.1. The van der Waals surface area contributed by atoms with Crippen LogP contribution < -0.4 is 0 Å². The Bertz CT molecular complexity index is 477. The SMILES string of the molecule is CC(C)c1cc(F)ccc1-c1ccccn1. The van der Waals surface area contributed by atoms with E-state index in [9.17, 15) is 4.39 Å². The number of rotatable bonds is 2. The number of hydrogen-bond donors (Lipinski definition) is 0. The summed E-state index contributed by atoms with van der Waals surface area (Å²) in [5, 5.41) is 0. The summed E-state index contributed by atoms with van der Waals surface area (Å²) in [5.74, 6) is 0.0936. The van der Waals surface area contributed by atoms with Gasteiger partial charge in [-0.25, -0.2) is 4.39 Å². The van der Waals surface area contributed by atoms with Gasteiger partial charge in [0.15, 0.2) is 0 Å². The molecule has 0 saturated carbocycles. The number of benzene rings is 1. The minimum atomic E-state index is -0.191. The molecule has 16 heavy (non-hydrogen) atoms. The van der Waals surface area contributed by atoms with Gasteiger partial charge in [-0.1, -0.05) is 19.9 Å². The van der Waals surface area contributed by atoms with Crippen molar-refractivity contribution in [3.8, 4) is 11.3 Å². The molecule has 1 aromatic carbocycles. The average molecular weight is 215 g/mol. The molecule has 0 aliphatic rings. The van der Waals surface area contributed by atoms with E-state index in [2.05, 4.69) is 18.8 Å². The van der Waals surface area contributed by atoms with Crippen molar-refractivity contribution < 1.29 is 4.39 Å². The predicted molar refractivity (Wildman–Crippen MR) is 63.7 cm³/mol. The lowest BCUT2D eigenvalue weighted by molar-refractivity contribution is 0.623. The fourth-order valence-electron chi connectivity index (χ4n) is 1.77. The number of hydrogen-bond acceptors (Lipinski definition) is 1. The van der Waals surface area contributed by atoms with Crippen LogP contribution in [0.25, 0.3) is 11.3 Å². The first kappa shape index (κ1) is 10.8. The van der Waals surface area contributed by atoms with Gasteiger partial charge in [-0.2, -0.15) is 0 Å². The second-order valence-corrected chi connectivity index (χ2v) is 4.10. The maximum atomic E-state index is 13.2. The first-order valence-corrected chi connectivity index (χ1v) is 5.39. The third-order valence-electron chi connectivity index (χ3n) is 2.58. The van der Waals surface area contributed by atoms with Crippen LogP contribution in [0.4, 0.5) is 4.39 Å². The number of nitrogens with zero attached hydrogens (tertiary/aromatic N) is 1. The van der Waals surface area contributed by atoms with Crippen molar-refractivity contribution in [2.45, 2.75) is 19.8 Å². The van der Waals surface area contributed by atoms with Crippen LogP contribution in [-0.2, 0) is 0 Å². The van der Waals surface area contributed by atoms with Gasteiger partial charge in [0.25, 0.3) is 0 Å². The summed E-state index contributed by atoms with van der Waals surface area (Å²) < 4.78 is 13.2. The summed E-state index contributed by atoms with van der Waals surface area (Å²) in [7, 11) is 0. The molecule has 2 aromatic rings. The van der Waals surface area contributed by atoms with Crippen molar-refractivity contribution in [1.82, 2.24) is 4.98 Å². The van der Waals surface area contributed by atoms with Crippen molar-refractivity contribution >= 4 is 0 Å². The zero-order chi connectivity index (χ0) is 11.5. The van der Waals surface area contributed by atoms with Gasteiger partial charge in [-0.15, -0.1) is 0 Å². The first-order valence-electron chi connectivity index (χ1n) is 5.39. The zero-order valence-corrected chi connectivity index (χ0v) is 9.44. The predicted octanol–water partition coefficient (Wildman–Crippen LogP) is 4.01. The first-order chi connectivity index (χ1) is 7.68. The minimum Gasteiger partial charge on any atom is -0.256 e. The molecular weight excluding hydrogens is 201 g/mol. The Morgan fingerprint density at radius 2 is 1.94 bits per heavy atom. The molecule has 0 aliphatic heterocycles. The van der Waals surface area contributed by atoms with E-state index in [1.165, 1.54) is 6.07 Å². The molecule has 1 nitrogen and oxygen atoms in total. The molecule has 1 heterocycles. The summed E-state index contributed by atoms with van der Waals surface area (Å²) in [6.45, 7) is 4.11. The van der Waals surface area contributed by atoms with Crippen molar-refractivity contribution in [2.75, 3.05) is 0 Å². The van der Waals surface area contributed by atoms with Crippen LogP contribution >= 0.6 is 0 Å². The van der Waals surface area contributed by atoms with Crippen molar-refractivity contribution in [3.63, 3.8) is 0 Å². The Kier molecular flexibility index (Phi) is 3.00. The Hall–Kier alpha value is -1.70. The highest BCUT2D eigenvalue weighted by molar-refractivity contribution is 5.64. The molecule has 0 bridgehead atoms. The highest BCUT2D eigenvalue weighted by Crippen LogP contribution is 2.28. The summed E-state index contributed by atoms with van der Waals surface area (Å²) in [6.07, 6.45) is 1.75. The van der Waals surface area contributed by atoms with Crippen LogP contribution in [0.1, 0.15) is 25.3 Å². The van der Waals surface area contributed by atoms with E-state index in [-0.39, 0.29) is 11.7 Å². The van der Waals surface area contributed by atoms with Gasteiger partial charge < -0.3 is 0 Å². The maximum Gasteiger partial charge on any atom is 0.123 e. The highest BCUT2D eigenvalue weighted by Gasteiger charge is 2.10. The number of aromatic nitrogens is 1. The van der Waals surface area contributed by atoms with Crippen LogP contribution in [0.2, 0.25) is 0 Å². The summed E-state index contributed by atoms with van der Waals surface area (Å²) in [5.41, 5.74) is 2.90. The molecule has 2 heteroatoms. The monoisotopic (exact) mass is 215 g/mol. The Morgan fingerprint density at radius 1 is 1.12 bits per heavy atom. The van der Waals surface area contributed by atoms with Crippen LogP contribution in [0.3, 0.4) is 0 Å². The number of pyridine rings is 1. The summed E-state index contributed by atoms with van der Waals surface area (Å²) >= 11 is 0. The smallest absolute Gasteiger partial charge is 0.123 e. The average Bonchev–Trinajstić information content (AvgIpc) is 2.30. The molecule has 1 aromatic heterocycles. The standard InChI is InChI=1S/C14H14FN/c1-10(2)13-9-11(15)6-7-12(13)14-5-3-4-8-16-14/h3-10H,1-2H3. The Balaban J connectivity index is 2.57. The molecule has 0 amide bonds. The van der Waals surface area contributed by atoms with Crippen LogP contribution in [0.15, 0.2) is 42.6 Å². The van der Waals surface area contributed by atoms with Crippen molar-refractivity contribution in [2.24, 2.45) is 0 Å². The Labute approximate surface area is 95.0 Å². The van der Waals surface area contributed by atoms with E-state index in [4.69, 9.17) is 0 Å². The van der Waals surface area contributed by atoms with E-state index in [1.807, 2.05) is 18.2 Å². The van der Waals surface area contributed by atoms with Crippen molar-refractivity contribution in [1.29, 1.82) is 0 Å². The van der Waals surface area contributed by atoms with E-state index < -0.39 is 0 Å². The molecular formula is C14H14FN. The summed E-state index contributed by atoms with van der Waals surface area (Å²) in [4.78, 5) is 4.30. The van der Waals surface area contributed by atoms with Crippen LogP contribution in [0.5, 0.6) is 0 Å². The van der Waals surface area contributed by atoms with E-state index >= 15 is 0 Å². The lowest BCUT2D eigenvalue weighted by Crippen LogP contribution is -1.95. The fourth-order valence-corrected chi connectivity index (χ4v) is 1.77. The van der Waals surface area contributed by atoms with Gasteiger partial charge >= 0.3 is 0 Å². The Morgan fingerprint density at radius 3 is 2.56 bits per heavy atom. The van der Waals surface area contributed by atoms with E-state index in [1.54, 1.807) is 18.3 Å². The van der Waals surface area contributed by atoms with Gasteiger partial charge in [-0.3, -0.25) is 4.98 Å². The molecule has 0 N–H and O–H groups in total. The molecule has 2 rings (SSSR count). The fraction of sp³-hybridized carbons (Fsp3) is 0.214. The third kappa shape index (κ3) is 2.11. The molecule has 0 atom stereocenters. The number of halogens is 1. The van der Waals surface area contributed by atoms with Gasteiger partial charge in [0.05, 0.1) is 5.69 Å². The zero-order valence-electron chi connectivity index (χ0n) is 9.44. The molecule has 0 spiro atoms. The molecule has 0 fully saturated rings. The maximum absolute atomic E-state index is 13.2. The van der Waals surface area contributed by atoms with E-state index in [0.29, 0.717) is 0 Å². The summed E-state index contributed by atoms with van der Waals surface area (Å²) in [6, 6.07) is 10.6. The second-order valence-electron chi connectivity index (χ2n) is 4.10. The van der Waals surface area contributed by atoms with Gasteiger partial charge in [0.2, 0.25) is 0 Å². The third-order valence-corrected chi connectivity index (χ3v) is 2.58. The topological polar surface area (TPSA) is 12.9 Å². The lowest BCUT2D eigenvalue weighted by Gasteiger charge is -2.12. The lowest BCUT2D eigenvalue weighted by atomic mass is 9.95. The second kappa shape index (κ2) is 4.44. The molecule has 0 unspecified atom stereocenters. The van der Waals surface area contributed by atoms with Gasteiger partial charge in [-0.05, 0) is 41.8 Å².